The summed E-state index contributed by atoms with van der Waals surface area (Å²) in [5, 5.41) is 9.84. The van der Waals surface area contributed by atoms with Crippen LogP contribution in [0.15, 0.2) is 30.3 Å². The third-order valence-corrected chi connectivity index (χ3v) is 4.26. The number of nitrogens with one attached hydrogen (secondary N) is 2. The number of amides is 1. The van der Waals surface area contributed by atoms with Gasteiger partial charge < -0.3 is 15.6 Å². The molecule has 1 aromatic carbocycles. The zero-order valence-corrected chi connectivity index (χ0v) is 14.6. The largest absolute Gasteiger partial charge is 0.349 e. The maximum Gasteiger partial charge on any atom is 0.257 e. The summed E-state index contributed by atoms with van der Waals surface area (Å²) in [6, 6.07) is 9.34. The lowest BCUT2D eigenvalue weighted by atomic mass is 10.2. The second-order valence-corrected chi connectivity index (χ2v) is 5.87. The van der Waals surface area contributed by atoms with Gasteiger partial charge in [0.15, 0.2) is 5.82 Å². The zero-order valence-electron chi connectivity index (χ0n) is 14.6. The van der Waals surface area contributed by atoms with Gasteiger partial charge in [0.2, 0.25) is 0 Å². The lowest BCUT2D eigenvalue weighted by molar-refractivity contribution is 0.102. The van der Waals surface area contributed by atoms with Crippen LogP contribution in [0.5, 0.6) is 0 Å². The van der Waals surface area contributed by atoms with Crippen LogP contribution in [0.3, 0.4) is 0 Å². The number of aryl methyl sites for hydroxylation is 1. The van der Waals surface area contributed by atoms with Crippen molar-refractivity contribution in [3.05, 3.63) is 53.1 Å². The van der Waals surface area contributed by atoms with Crippen LogP contribution >= 0.6 is 0 Å². The van der Waals surface area contributed by atoms with E-state index in [0.29, 0.717) is 23.8 Å². The molecule has 3 aromatic rings. The van der Waals surface area contributed by atoms with Crippen molar-refractivity contribution in [1.29, 1.82) is 0 Å². The van der Waals surface area contributed by atoms with Gasteiger partial charge in [-0.15, -0.1) is 0 Å². The number of hydrogen-bond acceptors (Lipinski definition) is 4. The van der Waals surface area contributed by atoms with Crippen LogP contribution < -0.4 is 11.1 Å². The Morgan fingerprint density at radius 3 is 2.56 bits per heavy atom. The highest BCUT2D eigenvalue weighted by Crippen LogP contribution is 2.20. The first-order chi connectivity index (χ1) is 12.0. The molecule has 7 nitrogen and oxygen atoms in total. The number of carbonyl (C=O) groups is 1. The minimum atomic E-state index is -0.108. The molecule has 2 aromatic heterocycles. The van der Waals surface area contributed by atoms with Gasteiger partial charge in [-0.25, -0.2) is 4.98 Å². The molecule has 25 heavy (non-hydrogen) atoms. The second kappa shape index (κ2) is 6.90. The zero-order chi connectivity index (χ0) is 18.0. The number of rotatable bonds is 5. The molecule has 4 N–H and O–H groups in total. The van der Waals surface area contributed by atoms with Crippen molar-refractivity contribution in [2.45, 2.75) is 33.9 Å². The van der Waals surface area contributed by atoms with E-state index >= 15 is 0 Å². The van der Waals surface area contributed by atoms with Gasteiger partial charge in [0, 0.05) is 29.2 Å². The van der Waals surface area contributed by atoms with Gasteiger partial charge in [-0.3, -0.25) is 9.89 Å². The molecule has 0 spiro atoms. The van der Waals surface area contributed by atoms with Gasteiger partial charge in [0.1, 0.15) is 5.82 Å². The molecule has 0 atom stereocenters. The Balaban J connectivity index is 1.76. The number of aromatic nitrogens is 4. The van der Waals surface area contributed by atoms with Crippen molar-refractivity contribution in [2.24, 2.45) is 5.73 Å². The molecule has 130 valence electrons. The van der Waals surface area contributed by atoms with Crippen molar-refractivity contribution in [3.63, 3.8) is 0 Å². The van der Waals surface area contributed by atoms with Crippen LogP contribution in [-0.4, -0.2) is 25.7 Å². The van der Waals surface area contributed by atoms with Crippen LogP contribution in [0.4, 0.5) is 5.69 Å². The fourth-order valence-electron chi connectivity index (χ4n) is 2.93. The van der Waals surface area contributed by atoms with Gasteiger partial charge >= 0.3 is 0 Å². The number of hydrogen-bond donors (Lipinski definition) is 3. The van der Waals surface area contributed by atoms with Crippen molar-refractivity contribution in [3.8, 4) is 11.4 Å². The molecule has 0 fully saturated rings. The number of anilines is 1. The maximum absolute atomic E-state index is 12.5. The first-order valence-corrected chi connectivity index (χ1v) is 8.23. The Morgan fingerprint density at radius 1 is 1.28 bits per heavy atom. The summed E-state index contributed by atoms with van der Waals surface area (Å²) in [5.74, 6) is 1.12. The first kappa shape index (κ1) is 16.9. The number of nitrogens with two attached hydrogens (primary N) is 1. The van der Waals surface area contributed by atoms with E-state index in [2.05, 4.69) is 32.0 Å². The second-order valence-electron chi connectivity index (χ2n) is 5.87. The van der Waals surface area contributed by atoms with Gasteiger partial charge in [-0.2, -0.15) is 5.10 Å². The van der Waals surface area contributed by atoms with E-state index in [9.17, 15) is 4.79 Å². The normalized spacial score (nSPS) is 10.9. The first-order valence-electron chi connectivity index (χ1n) is 8.23. The SMILES string of the molecule is CCn1c(C)cc(C(=O)Nc2ccc(-c3n[nH]c(CN)n3)cc2)c1C. The van der Waals surface area contributed by atoms with Crippen molar-refractivity contribution in [2.75, 3.05) is 5.32 Å². The number of benzene rings is 1. The standard InChI is InChI=1S/C18H22N6O/c1-4-24-11(2)9-15(12(24)3)18(25)20-14-7-5-13(6-8-14)17-21-16(10-19)22-23-17/h5-9H,4,10,19H2,1-3H3,(H,20,25)(H,21,22,23). The van der Waals surface area contributed by atoms with E-state index in [1.54, 1.807) is 0 Å². The molecule has 1 amide bonds. The van der Waals surface area contributed by atoms with Crippen LogP contribution in [0, 0.1) is 13.8 Å². The maximum atomic E-state index is 12.5. The highest BCUT2D eigenvalue weighted by atomic mass is 16.1. The van der Waals surface area contributed by atoms with Crippen LogP contribution in [-0.2, 0) is 13.1 Å². The van der Waals surface area contributed by atoms with E-state index in [-0.39, 0.29) is 5.91 Å². The predicted molar refractivity (Wildman–Crippen MR) is 97.2 cm³/mol. The number of aromatic amines is 1. The predicted octanol–water partition coefficient (Wildman–Crippen LogP) is 2.62. The molecule has 7 heteroatoms. The summed E-state index contributed by atoms with van der Waals surface area (Å²) in [4.78, 5) is 16.8. The van der Waals surface area contributed by atoms with Gasteiger partial charge in [0.05, 0.1) is 12.1 Å². The van der Waals surface area contributed by atoms with E-state index in [1.165, 1.54) is 0 Å². The highest BCUT2D eigenvalue weighted by Gasteiger charge is 2.15. The van der Waals surface area contributed by atoms with Crippen LogP contribution in [0.2, 0.25) is 0 Å². The fraction of sp³-hybridized carbons (Fsp3) is 0.278. The topological polar surface area (TPSA) is 102 Å². The molecule has 0 unspecified atom stereocenters. The molecule has 0 bridgehead atoms. The summed E-state index contributed by atoms with van der Waals surface area (Å²) in [6.07, 6.45) is 0. The van der Waals surface area contributed by atoms with Gasteiger partial charge in [0.25, 0.3) is 5.91 Å². The molecule has 3 rings (SSSR count). The molecule has 0 aliphatic heterocycles. The van der Waals surface area contributed by atoms with Crippen molar-refractivity contribution >= 4 is 11.6 Å². The molecule has 0 saturated heterocycles. The molecule has 0 aliphatic carbocycles. The fourth-order valence-corrected chi connectivity index (χ4v) is 2.93. The summed E-state index contributed by atoms with van der Waals surface area (Å²) in [5.41, 5.74) is 9.87. The average molecular weight is 338 g/mol. The minimum Gasteiger partial charge on any atom is -0.349 e. The lowest BCUT2D eigenvalue weighted by Crippen LogP contribution is -2.13. The number of nitrogens with zero attached hydrogens (tertiary/aromatic N) is 3. The Bertz CT molecular complexity index is 891. The minimum absolute atomic E-state index is 0.108. The molecular weight excluding hydrogens is 316 g/mol. The third-order valence-electron chi connectivity index (χ3n) is 4.26. The van der Waals surface area contributed by atoms with Crippen molar-refractivity contribution in [1.82, 2.24) is 19.7 Å². The Kier molecular flexibility index (Phi) is 4.67. The van der Waals surface area contributed by atoms with E-state index < -0.39 is 0 Å². The molecular formula is C18H22N6O. The summed E-state index contributed by atoms with van der Waals surface area (Å²) in [7, 11) is 0. The highest BCUT2D eigenvalue weighted by molar-refractivity contribution is 6.05. The Hall–Kier alpha value is -2.93. The number of carbonyl (C=O) groups excluding carboxylic acids is 1. The number of H-pyrrole nitrogens is 1. The molecule has 0 aliphatic rings. The summed E-state index contributed by atoms with van der Waals surface area (Å²) < 4.78 is 2.12. The third kappa shape index (κ3) is 3.32. The quantitative estimate of drug-likeness (QED) is 0.665. The van der Waals surface area contributed by atoms with Crippen LogP contribution in [0.1, 0.15) is 34.5 Å². The molecule has 0 radical (unpaired) electrons. The van der Waals surface area contributed by atoms with E-state index in [4.69, 9.17) is 5.73 Å². The van der Waals surface area contributed by atoms with E-state index in [1.807, 2.05) is 44.2 Å². The molecule has 0 saturated carbocycles. The monoisotopic (exact) mass is 338 g/mol. The summed E-state index contributed by atoms with van der Waals surface area (Å²) >= 11 is 0. The van der Waals surface area contributed by atoms with E-state index in [0.717, 1.165) is 29.2 Å². The van der Waals surface area contributed by atoms with Gasteiger partial charge in [-0.05, 0) is 51.1 Å². The van der Waals surface area contributed by atoms with Crippen LogP contribution in [0.25, 0.3) is 11.4 Å². The Labute approximate surface area is 146 Å². The van der Waals surface area contributed by atoms with Gasteiger partial charge in [-0.1, -0.05) is 0 Å². The Morgan fingerprint density at radius 2 is 2.00 bits per heavy atom. The average Bonchev–Trinajstić information content (AvgIpc) is 3.20. The smallest absolute Gasteiger partial charge is 0.257 e. The lowest BCUT2D eigenvalue weighted by Gasteiger charge is -2.07. The van der Waals surface area contributed by atoms with Crippen molar-refractivity contribution < 1.29 is 4.79 Å². The summed E-state index contributed by atoms with van der Waals surface area (Å²) in [6.45, 7) is 7.21. The molecule has 2 heterocycles.